The lowest BCUT2D eigenvalue weighted by atomic mass is 10.1. The van der Waals surface area contributed by atoms with Crippen molar-refractivity contribution in [3.05, 3.63) is 46.3 Å². The van der Waals surface area contributed by atoms with Gasteiger partial charge in [-0.05, 0) is 24.3 Å². The van der Waals surface area contributed by atoms with Gasteiger partial charge in [-0.3, -0.25) is 4.79 Å². The van der Waals surface area contributed by atoms with E-state index in [1.165, 1.54) is 19.2 Å². The summed E-state index contributed by atoms with van der Waals surface area (Å²) in [5, 5.41) is 2.95. The molecule has 0 aliphatic carbocycles. The van der Waals surface area contributed by atoms with Crippen molar-refractivity contribution in [3.63, 3.8) is 0 Å². The van der Waals surface area contributed by atoms with Crippen molar-refractivity contribution in [2.45, 2.75) is 0 Å². The van der Waals surface area contributed by atoms with Gasteiger partial charge in [-0.15, -0.1) is 0 Å². The van der Waals surface area contributed by atoms with Gasteiger partial charge in [-0.1, -0.05) is 13.2 Å². The second-order valence-electron chi connectivity index (χ2n) is 3.79. The molecule has 1 amide bonds. The minimum Gasteiger partial charge on any atom is -0.456 e. The fourth-order valence-electron chi connectivity index (χ4n) is 1.68. The summed E-state index contributed by atoms with van der Waals surface area (Å²) in [5.41, 5.74) is 1.26. The SMILES string of the molecule is C=c1oc(-c2ccc(F)cc2)c(C(=O)NC)c1=C. The van der Waals surface area contributed by atoms with Crippen molar-refractivity contribution in [2.75, 3.05) is 7.05 Å². The first-order valence-corrected chi connectivity index (χ1v) is 5.33. The third-order valence-corrected chi connectivity index (χ3v) is 2.65. The normalized spacial score (nSPS) is 10.3. The summed E-state index contributed by atoms with van der Waals surface area (Å²) in [5.74, 6) is -0.307. The highest BCUT2D eigenvalue weighted by molar-refractivity contribution is 5.99. The van der Waals surface area contributed by atoms with E-state index in [-0.39, 0.29) is 11.7 Å². The molecular formula is C14H12FNO2. The van der Waals surface area contributed by atoms with Crippen molar-refractivity contribution in [1.29, 1.82) is 0 Å². The molecule has 0 atom stereocenters. The molecule has 0 bridgehead atoms. The fourth-order valence-corrected chi connectivity index (χ4v) is 1.68. The molecule has 2 aromatic rings. The second kappa shape index (κ2) is 4.49. The van der Waals surface area contributed by atoms with Crippen LogP contribution in [0.3, 0.4) is 0 Å². The maximum Gasteiger partial charge on any atom is 0.255 e. The molecule has 0 unspecified atom stereocenters. The molecule has 92 valence electrons. The summed E-state index contributed by atoms with van der Waals surface area (Å²) in [4.78, 5) is 11.8. The third kappa shape index (κ3) is 1.93. The Bertz CT molecular complexity index is 686. The summed E-state index contributed by atoms with van der Waals surface area (Å²) in [6.07, 6.45) is 0. The van der Waals surface area contributed by atoms with Gasteiger partial charge < -0.3 is 9.73 Å². The first-order valence-electron chi connectivity index (χ1n) is 5.33. The van der Waals surface area contributed by atoms with Crippen molar-refractivity contribution < 1.29 is 13.6 Å². The number of benzene rings is 1. The van der Waals surface area contributed by atoms with E-state index in [9.17, 15) is 9.18 Å². The summed E-state index contributed by atoms with van der Waals surface area (Å²) in [6.45, 7) is 7.44. The molecule has 1 aromatic heterocycles. The lowest BCUT2D eigenvalue weighted by Crippen LogP contribution is -2.28. The Kier molecular flexibility index (Phi) is 3.02. The maximum absolute atomic E-state index is 12.9. The predicted octanol–water partition coefficient (Wildman–Crippen LogP) is 1.27. The Labute approximate surface area is 103 Å². The van der Waals surface area contributed by atoms with Crippen LogP contribution in [0, 0.1) is 5.82 Å². The van der Waals surface area contributed by atoms with E-state index in [0.29, 0.717) is 27.5 Å². The molecular weight excluding hydrogens is 233 g/mol. The number of carbonyl (C=O) groups excluding carboxylic acids is 1. The zero-order chi connectivity index (χ0) is 13.3. The van der Waals surface area contributed by atoms with Gasteiger partial charge in [0.25, 0.3) is 5.91 Å². The standard InChI is InChI=1S/C14H12FNO2/c1-8-9(2)18-13(12(8)14(17)16-3)10-4-6-11(15)7-5-10/h4-7H,1-2H2,3H3,(H,16,17). The number of halogens is 1. The average Bonchev–Trinajstić information content (AvgIpc) is 2.66. The quantitative estimate of drug-likeness (QED) is 0.865. The highest BCUT2D eigenvalue weighted by atomic mass is 19.1. The van der Waals surface area contributed by atoms with Crippen LogP contribution in [0.2, 0.25) is 0 Å². The highest BCUT2D eigenvalue weighted by Gasteiger charge is 2.17. The van der Waals surface area contributed by atoms with Gasteiger partial charge in [0.1, 0.15) is 17.0 Å². The van der Waals surface area contributed by atoms with Gasteiger partial charge in [-0.25, -0.2) is 4.39 Å². The van der Waals surface area contributed by atoms with Crippen molar-refractivity contribution in [1.82, 2.24) is 5.32 Å². The van der Waals surface area contributed by atoms with Crippen molar-refractivity contribution in [2.24, 2.45) is 0 Å². The number of nitrogens with one attached hydrogen (secondary N) is 1. The first kappa shape index (κ1) is 12.1. The molecule has 1 heterocycles. The van der Waals surface area contributed by atoms with Crippen LogP contribution in [0.15, 0.2) is 28.7 Å². The molecule has 0 radical (unpaired) electrons. The monoisotopic (exact) mass is 245 g/mol. The summed E-state index contributed by atoms with van der Waals surface area (Å²) in [7, 11) is 1.52. The van der Waals surface area contributed by atoms with E-state index in [0.717, 1.165) is 0 Å². The predicted molar refractivity (Wildman–Crippen MR) is 67.8 cm³/mol. The summed E-state index contributed by atoms with van der Waals surface area (Å²) < 4.78 is 18.3. The molecule has 0 saturated heterocycles. The van der Waals surface area contributed by atoms with Gasteiger partial charge in [-0.2, -0.15) is 0 Å². The van der Waals surface area contributed by atoms with Gasteiger partial charge >= 0.3 is 0 Å². The molecule has 0 spiro atoms. The number of hydrogen-bond acceptors (Lipinski definition) is 2. The second-order valence-corrected chi connectivity index (χ2v) is 3.79. The smallest absolute Gasteiger partial charge is 0.255 e. The van der Waals surface area contributed by atoms with Crippen LogP contribution in [-0.4, -0.2) is 13.0 Å². The number of amides is 1. The molecule has 0 fully saturated rings. The van der Waals surface area contributed by atoms with E-state index in [4.69, 9.17) is 4.42 Å². The highest BCUT2D eigenvalue weighted by Crippen LogP contribution is 2.21. The van der Waals surface area contributed by atoms with E-state index >= 15 is 0 Å². The molecule has 0 aliphatic heterocycles. The largest absolute Gasteiger partial charge is 0.456 e. The van der Waals surface area contributed by atoms with Crippen LogP contribution < -0.4 is 16.0 Å². The fraction of sp³-hybridized carbons (Fsp3) is 0.0714. The summed E-state index contributed by atoms with van der Waals surface area (Å²) >= 11 is 0. The lowest BCUT2D eigenvalue weighted by molar-refractivity contribution is 0.0962. The average molecular weight is 245 g/mol. The van der Waals surface area contributed by atoms with E-state index in [1.54, 1.807) is 12.1 Å². The Morgan fingerprint density at radius 3 is 2.44 bits per heavy atom. The van der Waals surface area contributed by atoms with Crippen molar-refractivity contribution in [3.8, 4) is 11.3 Å². The lowest BCUT2D eigenvalue weighted by Gasteiger charge is -2.01. The first-order chi connectivity index (χ1) is 8.54. The van der Waals surface area contributed by atoms with Crippen LogP contribution in [-0.2, 0) is 0 Å². The van der Waals surface area contributed by atoms with Gasteiger partial charge in [0, 0.05) is 17.8 Å². The van der Waals surface area contributed by atoms with E-state index in [1.807, 2.05) is 0 Å². The molecule has 4 heteroatoms. The number of rotatable bonds is 2. The van der Waals surface area contributed by atoms with Crippen molar-refractivity contribution >= 4 is 19.1 Å². The topological polar surface area (TPSA) is 42.2 Å². The van der Waals surface area contributed by atoms with E-state index in [2.05, 4.69) is 18.5 Å². The van der Waals surface area contributed by atoms with Gasteiger partial charge in [0.2, 0.25) is 0 Å². The Morgan fingerprint density at radius 2 is 1.89 bits per heavy atom. The molecule has 3 nitrogen and oxygen atoms in total. The summed E-state index contributed by atoms with van der Waals surface area (Å²) in [6, 6.07) is 5.69. The molecule has 2 rings (SSSR count). The van der Waals surface area contributed by atoms with Crippen LogP contribution >= 0.6 is 0 Å². The maximum atomic E-state index is 12.9. The Hall–Kier alpha value is -2.36. The van der Waals surface area contributed by atoms with Gasteiger partial charge in [0.05, 0.1) is 5.56 Å². The molecule has 1 aromatic carbocycles. The number of carbonyl (C=O) groups is 1. The molecule has 0 aliphatic rings. The zero-order valence-electron chi connectivity index (χ0n) is 9.92. The van der Waals surface area contributed by atoms with Crippen LogP contribution in [0.5, 0.6) is 0 Å². The van der Waals surface area contributed by atoms with Gasteiger partial charge in [0.15, 0.2) is 0 Å². The third-order valence-electron chi connectivity index (χ3n) is 2.65. The Morgan fingerprint density at radius 1 is 1.28 bits per heavy atom. The molecule has 1 N–H and O–H groups in total. The van der Waals surface area contributed by atoms with E-state index < -0.39 is 0 Å². The zero-order valence-corrected chi connectivity index (χ0v) is 9.92. The minimum atomic E-state index is -0.350. The number of hydrogen-bond donors (Lipinski definition) is 1. The minimum absolute atomic E-state index is 0.307. The van der Waals surface area contributed by atoms with Crippen LogP contribution in [0.4, 0.5) is 4.39 Å². The molecule has 18 heavy (non-hydrogen) atoms. The Balaban J connectivity index is 2.68. The van der Waals surface area contributed by atoms with Crippen LogP contribution in [0.25, 0.3) is 24.5 Å². The van der Waals surface area contributed by atoms with Crippen LogP contribution in [0.1, 0.15) is 10.4 Å². The molecule has 0 saturated carbocycles. The number of furan rings is 1.